The number of para-hydroxylation sites is 2. The summed E-state index contributed by atoms with van der Waals surface area (Å²) in [6.45, 7) is 0. The molecule has 23 heavy (non-hydrogen) atoms. The number of allylic oxidation sites excluding steroid dienone is 1. The molecule has 1 N–H and O–H groups in total. The molecule has 0 unspecified atom stereocenters. The summed E-state index contributed by atoms with van der Waals surface area (Å²) in [5.41, 5.74) is 3.08. The van der Waals surface area contributed by atoms with Crippen molar-refractivity contribution in [3.8, 4) is 11.8 Å². The normalized spacial score (nSPS) is 11.5. The van der Waals surface area contributed by atoms with Crippen molar-refractivity contribution in [3.63, 3.8) is 0 Å². The molecule has 4 nitrogen and oxygen atoms in total. The molecule has 1 aromatic heterocycles. The van der Waals surface area contributed by atoms with Crippen LogP contribution in [0, 0.1) is 18.5 Å². The summed E-state index contributed by atoms with van der Waals surface area (Å²) in [5, 5.41) is 9.55. The first-order valence-corrected chi connectivity index (χ1v) is 8.88. The molecule has 0 aliphatic heterocycles. The van der Waals surface area contributed by atoms with Crippen LogP contribution in [0.1, 0.15) is 11.4 Å². The Balaban J connectivity index is 2.14. The molecule has 0 saturated carbocycles. The highest BCUT2D eigenvalue weighted by atomic mass is 127. The predicted molar refractivity (Wildman–Crippen MR) is 108 cm³/mol. The van der Waals surface area contributed by atoms with E-state index in [9.17, 15) is 5.26 Å². The molecule has 0 amide bonds. The highest BCUT2D eigenvalue weighted by molar-refractivity contribution is 14.1. The fraction of sp³-hybridized carbons (Fsp3) is 0.0588. The van der Waals surface area contributed by atoms with Crippen LogP contribution in [0.3, 0.4) is 0 Å². The Hall–Kier alpha value is -1.60. The van der Waals surface area contributed by atoms with Gasteiger partial charge in [0.05, 0.1) is 27.3 Å². The fourth-order valence-corrected chi connectivity index (χ4v) is 4.40. The average molecular weight is 527 g/mol. The van der Waals surface area contributed by atoms with E-state index in [1.807, 2.05) is 36.4 Å². The number of ether oxygens (including phenoxy) is 1. The predicted octanol–water partition coefficient (Wildman–Crippen LogP) is 4.84. The third-order valence-electron chi connectivity index (χ3n) is 3.31. The van der Waals surface area contributed by atoms with Crippen molar-refractivity contribution in [1.29, 1.82) is 5.26 Å². The minimum atomic E-state index is 0.470. The van der Waals surface area contributed by atoms with Gasteiger partial charge in [-0.3, -0.25) is 0 Å². The second-order valence-electron chi connectivity index (χ2n) is 4.78. The number of hydrogen-bond donors (Lipinski definition) is 1. The number of H-pyrrole nitrogens is 1. The SMILES string of the molecule is COc1c(I)cc(I)cc1C=C(C#N)c1nc2ccccc2[nH]1. The minimum Gasteiger partial charge on any atom is -0.495 e. The van der Waals surface area contributed by atoms with Crippen molar-refractivity contribution in [2.24, 2.45) is 0 Å². The van der Waals surface area contributed by atoms with Gasteiger partial charge < -0.3 is 9.72 Å². The monoisotopic (exact) mass is 527 g/mol. The minimum absolute atomic E-state index is 0.470. The van der Waals surface area contributed by atoms with Gasteiger partial charge in [0, 0.05) is 9.13 Å². The van der Waals surface area contributed by atoms with Crippen LogP contribution in [-0.2, 0) is 0 Å². The molecule has 2 aromatic carbocycles. The van der Waals surface area contributed by atoms with Crippen LogP contribution in [0.4, 0.5) is 0 Å². The molecule has 0 atom stereocenters. The quantitative estimate of drug-likeness (QED) is 0.392. The molecule has 0 spiro atoms. The van der Waals surface area contributed by atoms with E-state index in [-0.39, 0.29) is 0 Å². The van der Waals surface area contributed by atoms with Crippen LogP contribution in [0.15, 0.2) is 36.4 Å². The summed E-state index contributed by atoms with van der Waals surface area (Å²) >= 11 is 4.48. The van der Waals surface area contributed by atoms with Gasteiger partial charge in [-0.05, 0) is 75.5 Å². The van der Waals surface area contributed by atoms with E-state index in [2.05, 4.69) is 61.2 Å². The van der Waals surface area contributed by atoms with Crippen molar-refractivity contribution in [3.05, 3.63) is 54.9 Å². The molecular weight excluding hydrogens is 516 g/mol. The van der Waals surface area contributed by atoms with Crippen LogP contribution in [0.5, 0.6) is 5.75 Å². The van der Waals surface area contributed by atoms with E-state index in [0.717, 1.165) is 29.5 Å². The third-order valence-corrected chi connectivity index (χ3v) is 4.73. The number of nitrogens with zero attached hydrogens (tertiary/aromatic N) is 2. The molecule has 3 aromatic rings. The van der Waals surface area contributed by atoms with Crippen LogP contribution in [0.2, 0.25) is 0 Å². The fourth-order valence-electron chi connectivity index (χ4n) is 2.29. The van der Waals surface area contributed by atoms with E-state index >= 15 is 0 Å². The number of fused-ring (bicyclic) bond motifs is 1. The summed E-state index contributed by atoms with van der Waals surface area (Å²) in [6, 6.07) is 14.0. The van der Waals surface area contributed by atoms with Crippen molar-refractivity contribution < 1.29 is 4.74 Å². The number of aromatic nitrogens is 2. The maximum Gasteiger partial charge on any atom is 0.149 e. The summed E-state index contributed by atoms with van der Waals surface area (Å²) in [7, 11) is 1.63. The van der Waals surface area contributed by atoms with Gasteiger partial charge in [0.25, 0.3) is 0 Å². The number of nitriles is 1. The van der Waals surface area contributed by atoms with Crippen LogP contribution < -0.4 is 4.74 Å². The molecular formula is C17H11I2N3O. The lowest BCUT2D eigenvalue weighted by atomic mass is 10.1. The Labute approximate surface area is 160 Å². The Bertz CT molecular complexity index is 921. The number of benzene rings is 2. The lowest BCUT2D eigenvalue weighted by Crippen LogP contribution is -1.93. The van der Waals surface area contributed by atoms with Gasteiger partial charge >= 0.3 is 0 Å². The smallest absolute Gasteiger partial charge is 0.149 e. The van der Waals surface area contributed by atoms with Gasteiger partial charge in [0.1, 0.15) is 17.6 Å². The number of rotatable bonds is 3. The number of methoxy groups -OCH3 is 1. The Kier molecular flexibility index (Phi) is 4.87. The van der Waals surface area contributed by atoms with Crippen molar-refractivity contribution >= 4 is 67.9 Å². The number of imidazole rings is 1. The summed E-state index contributed by atoms with van der Waals surface area (Å²) in [6.07, 6.45) is 1.81. The number of halogens is 2. The summed E-state index contributed by atoms with van der Waals surface area (Å²) in [4.78, 5) is 7.68. The van der Waals surface area contributed by atoms with Crippen molar-refractivity contribution in [2.75, 3.05) is 7.11 Å². The third kappa shape index (κ3) is 3.35. The molecule has 114 valence electrons. The first-order chi connectivity index (χ1) is 11.1. The molecule has 1 heterocycles. The average Bonchev–Trinajstić information content (AvgIpc) is 2.95. The molecule has 0 bridgehead atoms. The lowest BCUT2D eigenvalue weighted by molar-refractivity contribution is 0.411. The highest BCUT2D eigenvalue weighted by Crippen LogP contribution is 2.31. The van der Waals surface area contributed by atoms with Gasteiger partial charge in [-0.25, -0.2) is 4.98 Å². The van der Waals surface area contributed by atoms with Crippen LogP contribution in [0.25, 0.3) is 22.7 Å². The zero-order valence-corrected chi connectivity index (χ0v) is 16.4. The van der Waals surface area contributed by atoms with Gasteiger partial charge in [-0.2, -0.15) is 5.26 Å². The Morgan fingerprint density at radius 2 is 2.09 bits per heavy atom. The molecule has 0 aliphatic rings. The first-order valence-electron chi connectivity index (χ1n) is 6.72. The second kappa shape index (κ2) is 6.88. The largest absolute Gasteiger partial charge is 0.495 e. The van der Waals surface area contributed by atoms with Gasteiger partial charge in [0.15, 0.2) is 0 Å². The van der Waals surface area contributed by atoms with Crippen molar-refractivity contribution in [2.45, 2.75) is 0 Å². The van der Waals surface area contributed by atoms with Gasteiger partial charge in [-0.1, -0.05) is 12.1 Å². The van der Waals surface area contributed by atoms with Crippen LogP contribution in [-0.4, -0.2) is 17.1 Å². The summed E-state index contributed by atoms with van der Waals surface area (Å²) < 4.78 is 7.56. The maximum absolute atomic E-state index is 9.55. The first kappa shape index (κ1) is 16.3. The zero-order valence-electron chi connectivity index (χ0n) is 12.1. The molecule has 0 fully saturated rings. The van der Waals surface area contributed by atoms with E-state index in [1.54, 1.807) is 13.2 Å². The van der Waals surface area contributed by atoms with E-state index in [0.29, 0.717) is 11.4 Å². The lowest BCUT2D eigenvalue weighted by Gasteiger charge is -2.08. The number of hydrogen-bond acceptors (Lipinski definition) is 3. The molecule has 3 rings (SSSR count). The molecule has 0 aliphatic carbocycles. The van der Waals surface area contributed by atoms with E-state index < -0.39 is 0 Å². The maximum atomic E-state index is 9.55. The van der Waals surface area contributed by atoms with Crippen LogP contribution >= 0.6 is 45.2 Å². The standard InChI is InChI=1S/C17H11I2N3O/c1-23-16-10(7-12(18)8-13(16)19)6-11(9-20)17-21-14-4-2-3-5-15(14)22-17/h2-8H,1H3,(H,21,22). The van der Waals surface area contributed by atoms with Gasteiger partial charge in [0.2, 0.25) is 0 Å². The summed E-state index contributed by atoms with van der Waals surface area (Å²) in [5.74, 6) is 1.32. The molecule has 0 radical (unpaired) electrons. The Morgan fingerprint density at radius 1 is 1.30 bits per heavy atom. The molecule has 6 heteroatoms. The Morgan fingerprint density at radius 3 is 2.78 bits per heavy atom. The zero-order chi connectivity index (χ0) is 16.4. The second-order valence-corrected chi connectivity index (χ2v) is 7.19. The van der Waals surface area contributed by atoms with Crippen molar-refractivity contribution in [1.82, 2.24) is 9.97 Å². The number of aromatic amines is 1. The van der Waals surface area contributed by atoms with Gasteiger partial charge in [-0.15, -0.1) is 0 Å². The number of nitrogens with one attached hydrogen (secondary N) is 1. The topological polar surface area (TPSA) is 61.7 Å². The van der Waals surface area contributed by atoms with E-state index in [4.69, 9.17) is 4.74 Å². The molecule has 0 saturated heterocycles. The highest BCUT2D eigenvalue weighted by Gasteiger charge is 2.12. The van der Waals surface area contributed by atoms with E-state index in [1.165, 1.54) is 0 Å².